The fraction of sp³-hybridized carbons (Fsp3) is 0.882. The second-order valence-corrected chi connectivity index (χ2v) is 7.03. The molecule has 1 aliphatic rings. The van der Waals surface area contributed by atoms with Gasteiger partial charge in [0.2, 0.25) is 0 Å². The number of nitrogens with zero attached hydrogens (tertiary/aromatic N) is 4. The number of aromatic nitrogens is 3. The third-order valence-electron chi connectivity index (χ3n) is 4.72. The SMILES string of the molecule is CCCc1cn(C2CCN([C@@H](C)CCC(C)C)CC2)nn1. The Bertz CT molecular complexity index is 405. The van der Waals surface area contributed by atoms with E-state index in [1.165, 1.54) is 38.8 Å². The molecule has 4 nitrogen and oxygen atoms in total. The quantitative estimate of drug-likeness (QED) is 0.768. The van der Waals surface area contributed by atoms with Crippen molar-refractivity contribution in [2.75, 3.05) is 13.1 Å². The Hall–Kier alpha value is -0.900. The van der Waals surface area contributed by atoms with Gasteiger partial charge in [0.15, 0.2) is 0 Å². The highest BCUT2D eigenvalue weighted by atomic mass is 15.4. The number of rotatable bonds is 7. The summed E-state index contributed by atoms with van der Waals surface area (Å²) in [6, 6.07) is 1.27. The molecule has 0 aliphatic carbocycles. The van der Waals surface area contributed by atoms with Crippen LogP contribution in [0.4, 0.5) is 0 Å². The van der Waals surface area contributed by atoms with E-state index < -0.39 is 0 Å². The maximum absolute atomic E-state index is 4.34. The average molecular weight is 292 g/mol. The number of likely N-dealkylation sites (tertiary alicyclic amines) is 1. The minimum absolute atomic E-state index is 0.552. The molecular formula is C17H32N4. The first-order valence-corrected chi connectivity index (χ1v) is 8.75. The van der Waals surface area contributed by atoms with Crippen LogP contribution in [0.3, 0.4) is 0 Å². The fourth-order valence-corrected chi connectivity index (χ4v) is 3.21. The third kappa shape index (κ3) is 4.80. The molecule has 1 aromatic heterocycles. The smallest absolute Gasteiger partial charge is 0.0827 e. The van der Waals surface area contributed by atoms with Crippen LogP contribution in [0.15, 0.2) is 6.20 Å². The van der Waals surface area contributed by atoms with Crippen molar-refractivity contribution in [1.29, 1.82) is 0 Å². The summed E-state index contributed by atoms with van der Waals surface area (Å²) in [5, 5.41) is 8.62. The summed E-state index contributed by atoms with van der Waals surface area (Å²) in [5.41, 5.74) is 1.14. The van der Waals surface area contributed by atoms with Crippen molar-refractivity contribution >= 4 is 0 Å². The number of piperidine rings is 1. The van der Waals surface area contributed by atoms with Crippen molar-refractivity contribution in [3.8, 4) is 0 Å². The Kier molecular flexibility index (Phi) is 6.22. The lowest BCUT2D eigenvalue weighted by molar-refractivity contribution is 0.129. The lowest BCUT2D eigenvalue weighted by Crippen LogP contribution is -2.40. The first kappa shape index (κ1) is 16.5. The van der Waals surface area contributed by atoms with Gasteiger partial charge in [-0.25, -0.2) is 4.68 Å². The van der Waals surface area contributed by atoms with Crippen molar-refractivity contribution in [3.05, 3.63) is 11.9 Å². The van der Waals surface area contributed by atoms with Gasteiger partial charge in [0.1, 0.15) is 0 Å². The first-order valence-electron chi connectivity index (χ1n) is 8.75. The molecule has 0 N–H and O–H groups in total. The second kappa shape index (κ2) is 7.92. The van der Waals surface area contributed by atoms with Crippen LogP contribution in [-0.2, 0) is 6.42 Å². The molecule has 0 spiro atoms. The molecule has 1 aromatic rings. The highest BCUT2D eigenvalue weighted by Crippen LogP contribution is 2.24. The van der Waals surface area contributed by atoms with Gasteiger partial charge in [-0.3, -0.25) is 0 Å². The molecule has 0 amide bonds. The van der Waals surface area contributed by atoms with E-state index in [4.69, 9.17) is 0 Å². The zero-order valence-electron chi connectivity index (χ0n) is 14.3. The average Bonchev–Trinajstić information content (AvgIpc) is 2.94. The number of aryl methyl sites for hydroxylation is 1. The van der Waals surface area contributed by atoms with Gasteiger partial charge in [0.25, 0.3) is 0 Å². The molecule has 2 rings (SSSR count). The van der Waals surface area contributed by atoms with Gasteiger partial charge in [0.05, 0.1) is 11.7 Å². The van der Waals surface area contributed by atoms with Crippen LogP contribution in [-0.4, -0.2) is 39.0 Å². The molecule has 21 heavy (non-hydrogen) atoms. The molecule has 1 saturated heterocycles. The molecule has 4 heteroatoms. The maximum atomic E-state index is 4.34. The highest BCUT2D eigenvalue weighted by Gasteiger charge is 2.24. The molecule has 0 bridgehead atoms. The van der Waals surface area contributed by atoms with Gasteiger partial charge in [-0.1, -0.05) is 32.4 Å². The van der Waals surface area contributed by atoms with Crippen molar-refractivity contribution < 1.29 is 0 Å². The van der Waals surface area contributed by atoms with Gasteiger partial charge in [-0.05, 0) is 44.9 Å². The lowest BCUT2D eigenvalue weighted by Gasteiger charge is -2.36. The standard InChI is InChI=1S/C17H32N4/c1-5-6-16-13-21(19-18-16)17-9-11-20(12-10-17)15(4)8-7-14(2)3/h13-15,17H,5-12H2,1-4H3/t15-/m0/s1. The summed E-state index contributed by atoms with van der Waals surface area (Å²) >= 11 is 0. The van der Waals surface area contributed by atoms with Crippen LogP contribution in [0, 0.1) is 5.92 Å². The first-order chi connectivity index (χ1) is 10.1. The minimum Gasteiger partial charge on any atom is -0.301 e. The number of hydrogen-bond donors (Lipinski definition) is 0. The summed E-state index contributed by atoms with van der Waals surface area (Å²) in [5.74, 6) is 0.817. The summed E-state index contributed by atoms with van der Waals surface area (Å²) in [4.78, 5) is 2.66. The third-order valence-corrected chi connectivity index (χ3v) is 4.72. The zero-order valence-corrected chi connectivity index (χ0v) is 14.3. The van der Waals surface area contributed by atoms with Crippen LogP contribution in [0.2, 0.25) is 0 Å². The monoisotopic (exact) mass is 292 g/mol. The molecule has 0 unspecified atom stereocenters. The van der Waals surface area contributed by atoms with E-state index in [1.54, 1.807) is 0 Å². The normalized spacial score (nSPS) is 19.3. The van der Waals surface area contributed by atoms with Gasteiger partial charge in [-0.15, -0.1) is 5.10 Å². The summed E-state index contributed by atoms with van der Waals surface area (Å²) < 4.78 is 2.11. The van der Waals surface area contributed by atoms with E-state index in [-0.39, 0.29) is 0 Å². The minimum atomic E-state index is 0.552. The lowest BCUT2D eigenvalue weighted by atomic mass is 9.99. The van der Waals surface area contributed by atoms with Crippen molar-refractivity contribution in [3.63, 3.8) is 0 Å². The summed E-state index contributed by atoms with van der Waals surface area (Å²) in [6.45, 7) is 11.6. The van der Waals surface area contributed by atoms with Gasteiger partial charge < -0.3 is 4.90 Å². The molecule has 0 aromatic carbocycles. The van der Waals surface area contributed by atoms with E-state index >= 15 is 0 Å². The molecule has 1 atom stereocenters. The molecule has 2 heterocycles. The van der Waals surface area contributed by atoms with E-state index in [1.807, 2.05) is 0 Å². The molecule has 120 valence electrons. The Morgan fingerprint density at radius 1 is 1.19 bits per heavy atom. The van der Waals surface area contributed by atoms with E-state index in [0.717, 1.165) is 30.5 Å². The van der Waals surface area contributed by atoms with Crippen LogP contribution in [0.25, 0.3) is 0 Å². The fourth-order valence-electron chi connectivity index (χ4n) is 3.21. The van der Waals surface area contributed by atoms with Crippen molar-refractivity contribution in [1.82, 2.24) is 19.9 Å². The highest BCUT2D eigenvalue weighted by molar-refractivity contribution is 4.94. The number of hydrogen-bond acceptors (Lipinski definition) is 3. The van der Waals surface area contributed by atoms with E-state index in [0.29, 0.717) is 6.04 Å². The largest absolute Gasteiger partial charge is 0.301 e. The van der Waals surface area contributed by atoms with Crippen LogP contribution < -0.4 is 0 Å². The predicted octanol–water partition coefficient (Wildman–Crippen LogP) is 3.69. The van der Waals surface area contributed by atoms with Gasteiger partial charge in [-0.2, -0.15) is 0 Å². The van der Waals surface area contributed by atoms with Crippen molar-refractivity contribution in [2.24, 2.45) is 5.92 Å². The Morgan fingerprint density at radius 3 is 2.52 bits per heavy atom. The molecule has 1 aliphatic heterocycles. The van der Waals surface area contributed by atoms with Crippen LogP contribution in [0.1, 0.15) is 71.5 Å². The van der Waals surface area contributed by atoms with E-state index in [9.17, 15) is 0 Å². The van der Waals surface area contributed by atoms with Crippen LogP contribution >= 0.6 is 0 Å². The Balaban J connectivity index is 1.79. The molecule has 0 saturated carbocycles. The predicted molar refractivity (Wildman–Crippen MR) is 87.4 cm³/mol. The summed E-state index contributed by atoms with van der Waals surface area (Å²) in [6.07, 6.45) is 9.43. The second-order valence-electron chi connectivity index (χ2n) is 7.03. The van der Waals surface area contributed by atoms with Gasteiger partial charge in [0, 0.05) is 25.3 Å². The molecular weight excluding hydrogens is 260 g/mol. The molecule has 0 radical (unpaired) electrons. The summed E-state index contributed by atoms with van der Waals surface area (Å²) in [7, 11) is 0. The molecule has 1 fully saturated rings. The van der Waals surface area contributed by atoms with E-state index in [2.05, 4.69) is 53.8 Å². The van der Waals surface area contributed by atoms with Gasteiger partial charge >= 0.3 is 0 Å². The zero-order chi connectivity index (χ0) is 15.2. The van der Waals surface area contributed by atoms with Crippen molar-refractivity contribution in [2.45, 2.75) is 78.3 Å². The maximum Gasteiger partial charge on any atom is 0.0827 e. The Morgan fingerprint density at radius 2 is 1.90 bits per heavy atom. The van der Waals surface area contributed by atoms with Crippen LogP contribution in [0.5, 0.6) is 0 Å². The Labute approximate surface area is 129 Å². The topological polar surface area (TPSA) is 34.0 Å².